The van der Waals surface area contributed by atoms with Crippen molar-refractivity contribution in [2.24, 2.45) is 5.92 Å². The molecule has 0 aromatic carbocycles. The molecule has 3 rings (SSSR count). The lowest BCUT2D eigenvalue weighted by atomic mass is 10.2. The molecule has 1 aromatic heterocycles. The van der Waals surface area contributed by atoms with Crippen molar-refractivity contribution in [1.82, 2.24) is 19.6 Å². The van der Waals surface area contributed by atoms with Crippen molar-refractivity contribution in [3.63, 3.8) is 0 Å². The van der Waals surface area contributed by atoms with E-state index in [2.05, 4.69) is 15.3 Å². The second-order valence-corrected chi connectivity index (χ2v) is 8.01. The van der Waals surface area contributed by atoms with Gasteiger partial charge in [-0.25, -0.2) is 13.4 Å². The van der Waals surface area contributed by atoms with E-state index in [0.717, 1.165) is 38.1 Å². The number of imidazole rings is 1. The Morgan fingerprint density at radius 2 is 2.14 bits per heavy atom. The molecule has 1 atom stereocenters. The summed E-state index contributed by atoms with van der Waals surface area (Å²) in [5, 5.41) is 3.62. The summed E-state index contributed by atoms with van der Waals surface area (Å²) in [5.41, 5.74) is 0. The molecule has 1 unspecified atom stereocenters. The highest BCUT2D eigenvalue weighted by Crippen LogP contribution is 2.31. The van der Waals surface area contributed by atoms with Gasteiger partial charge in [0.25, 0.3) is 10.0 Å². The largest absolute Gasteiger partial charge is 0.332 e. The lowest BCUT2D eigenvalue weighted by molar-refractivity contribution is 0.357. The molecule has 0 bridgehead atoms. The Morgan fingerprint density at radius 1 is 1.33 bits per heavy atom. The van der Waals surface area contributed by atoms with Crippen LogP contribution >= 0.6 is 0 Å². The Labute approximate surface area is 126 Å². The van der Waals surface area contributed by atoms with Crippen molar-refractivity contribution in [3.05, 3.63) is 12.0 Å². The highest BCUT2D eigenvalue weighted by Gasteiger charge is 2.34. The highest BCUT2D eigenvalue weighted by molar-refractivity contribution is 7.89. The van der Waals surface area contributed by atoms with Gasteiger partial charge in [0.15, 0.2) is 5.03 Å². The summed E-state index contributed by atoms with van der Waals surface area (Å²) in [7, 11) is -3.46. The summed E-state index contributed by atoms with van der Waals surface area (Å²) >= 11 is 0. The molecule has 2 N–H and O–H groups in total. The maximum atomic E-state index is 12.8. The van der Waals surface area contributed by atoms with Crippen LogP contribution < -0.4 is 5.32 Å². The number of nitrogens with one attached hydrogen (secondary N) is 2. The van der Waals surface area contributed by atoms with Gasteiger partial charge in [0, 0.05) is 25.6 Å². The molecule has 0 radical (unpaired) electrons. The SMILES string of the molecule is CCc1ncc(S(=O)(=O)N(CC2CC2)CC2CCCN2)[nH]1. The lowest BCUT2D eigenvalue weighted by Crippen LogP contribution is -2.42. The Morgan fingerprint density at radius 3 is 2.71 bits per heavy atom. The van der Waals surface area contributed by atoms with E-state index in [1.807, 2.05) is 6.92 Å². The molecule has 21 heavy (non-hydrogen) atoms. The van der Waals surface area contributed by atoms with E-state index in [1.54, 1.807) is 4.31 Å². The molecule has 2 aliphatic rings. The quantitative estimate of drug-likeness (QED) is 0.791. The third-order valence-corrected chi connectivity index (χ3v) is 6.04. The van der Waals surface area contributed by atoms with Gasteiger partial charge in [-0.2, -0.15) is 4.31 Å². The summed E-state index contributed by atoms with van der Waals surface area (Å²) in [4.78, 5) is 7.07. The van der Waals surface area contributed by atoms with E-state index < -0.39 is 10.0 Å². The maximum absolute atomic E-state index is 12.8. The number of hydrogen-bond acceptors (Lipinski definition) is 4. The monoisotopic (exact) mass is 312 g/mol. The van der Waals surface area contributed by atoms with Crippen LogP contribution in [0.3, 0.4) is 0 Å². The summed E-state index contributed by atoms with van der Waals surface area (Å²) in [6.45, 7) is 4.16. The van der Waals surface area contributed by atoms with E-state index in [4.69, 9.17) is 0 Å². The zero-order chi connectivity index (χ0) is 14.9. The van der Waals surface area contributed by atoms with Crippen molar-refractivity contribution in [3.8, 4) is 0 Å². The molecule has 2 heterocycles. The first kappa shape index (κ1) is 15.0. The zero-order valence-corrected chi connectivity index (χ0v) is 13.3. The zero-order valence-electron chi connectivity index (χ0n) is 12.5. The number of nitrogens with zero attached hydrogens (tertiary/aromatic N) is 2. The molecule has 1 saturated carbocycles. The third-order valence-electron chi connectivity index (χ3n) is 4.30. The van der Waals surface area contributed by atoms with Crippen molar-refractivity contribution < 1.29 is 8.42 Å². The van der Waals surface area contributed by atoms with Crippen LogP contribution in [0.15, 0.2) is 11.2 Å². The van der Waals surface area contributed by atoms with Crippen LogP contribution in [0.2, 0.25) is 0 Å². The molecular weight excluding hydrogens is 288 g/mol. The second-order valence-electron chi connectivity index (χ2n) is 6.11. The highest BCUT2D eigenvalue weighted by atomic mass is 32.2. The smallest absolute Gasteiger partial charge is 0.260 e. The van der Waals surface area contributed by atoms with Crippen LogP contribution in [0.4, 0.5) is 0 Å². The Bertz CT molecular complexity index is 574. The molecule has 1 aliphatic heterocycles. The van der Waals surface area contributed by atoms with Gasteiger partial charge in [0.2, 0.25) is 0 Å². The number of hydrogen-bond donors (Lipinski definition) is 2. The molecule has 0 amide bonds. The van der Waals surface area contributed by atoms with Crippen LogP contribution in [0.5, 0.6) is 0 Å². The fourth-order valence-electron chi connectivity index (χ4n) is 2.81. The topological polar surface area (TPSA) is 78.1 Å². The number of H-pyrrole nitrogens is 1. The molecule has 2 fully saturated rings. The van der Waals surface area contributed by atoms with Crippen LogP contribution in [0.25, 0.3) is 0 Å². The first-order chi connectivity index (χ1) is 10.1. The normalized spacial score (nSPS) is 23.0. The third kappa shape index (κ3) is 3.46. The van der Waals surface area contributed by atoms with Crippen LogP contribution in [0, 0.1) is 5.92 Å². The van der Waals surface area contributed by atoms with Gasteiger partial charge in [0.1, 0.15) is 5.82 Å². The minimum absolute atomic E-state index is 0.234. The van der Waals surface area contributed by atoms with Crippen LogP contribution in [-0.2, 0) is 16.4 Å². The number of aromatic amines is 1. The predicted molar refractivity (Wildman–Crippen MR) is 80.5 cm³/mol. The summed E-state index contributed by atoms with van der Waals surface area (Å²) in [6.07, 6.45) is 6.64. The lowest BCUT2D eigenvalue weighted by Gasteiger charge is -2.24. The Hall–Kier alpha value is -0.920. The standard InChI is InChI=1S/C14H24N4O2S/c1-2-13-16-8-14(17-13)21(19,20)18(9-11-5-6-11)10-12-4-3-7-15-12/h8,11-12,15H,2-7,9-10H2,1H3,(H,16,17). The van der Waals surface area contributed by atoms with E-state index in [0.29, 0.717) is 25.4 Å². The fraction of sp³-hybridized carbons (Fsp3) is 0.786. The first-order valence-corrected chi connectivity index (χ1v) is 9.31. The molecule has 6 nitrogen and oxygen atoms in total. The van der Waals surface area contributed by atoms with Gasteiger partial charge in [-0.3, -0.25) is 0 Å². The molecule has 1 aromatic rings. The van der Waals surface area contributed by atoms with Crippen LogP contribution in [-0.4, -0.2) is 48.4 Å². The molecule has 1 aliphatic carbocycles. The molecule has 1 saturated heterocycles. The first-order valence-electron chi connectivity index (χ1n) is 7.87. The number of sulfonamides is 1. The average Bonchev–Trinajstić information content (AvgIpc) is 2.96. The van der Waals surface area contributed by atoms with Gasteiger partial charge in [-0.1, -0.05) is 6.92 Å². The fourth-order valence-corrected chi connectivity index (χ4v) is 4.30. The summed E-state index contributed by atoms with van der Waals surface area (Å²) in [6, 6.07) is 0.284. The molecule has 7 heteroatoms. The van der Waals surface area contributed by atoms with Gasteiger partial charge < -0.3 is 10.3 Å². The molecule has 118 valence electrons. The van der Waals surface area contributed by atoms with E-state index in [-0.39, 0.29) is 11.1 Å². The summed E-state index contributed by atoms with van der Waals surface area (Å²) in [5.74, 6) is 1.26. The number of rotatable bonds is 7. The van der Waals surface area contributed by atoms with Gasteiger partial charge in [-0.05, 0) is 38.1 Å². The van der Waals surface area contributed by atoms with E-state index in [1.165, 1.54) is 6.20 Å². The number of aromatic nitrogens is 2. The average molecular weight is 312 g/mol. The van der Waals surface area contributed by atoms with Crippen LogP contribution in [0.1, 0.15) is 38.4 Å². The number of aryl methyl sites for hydroxylation is 1. The van der Waals surface area contributed by atoms with Gasteiger partial charge in [0.05, 0.1) is 6.20 Å². The molecule has 0 spiro atoms. The van der Waals surface area contributed by atoms with Gasteiger partial charge >= 0.3 is 0 Å². The minimum atomic E-state index is -3.46. The predicted octanol–water partition coefficient (Wildman–Crippen LogP) is 1.12. The molecular formula is C14H24N4O2S. The van der Waals surface area contributed by atoms with E-state index in [9.17, 15) is 8.42 Å². The van der Waals surface area contributed by atoms with E-state index >= 15 is 0 Å². The second kappa shape index (κ2) is 6.06. The summed E-state index contributed by atoms with van der Waals surface area (Å²) < 4.78 is 27.3. The minimum Gasteiger partial charge on any atom is -0.332 e. The maximum Gasteiger partial charge on any atom is 0.260 e. The Balaban J connectivity index is 1.78. The van der Waals surface area contributed by atoms with Crippen molar-refractivity contribution in [2.75, 3.05) is 19.6 Å². The van der Waals surface area contributed by atoms with Gasteiger partial charge in [-0.15, -0.1) is 0 Å². The van der Waals surface area contributed by atoms with Crippen molar-refractivity contribution in [2.45, 2.75) is 50.1 Å². The Kier molecular flexibility index (Phi) is 4.33. The van der Waals surface area contributed by atoms with Crippen molar-refractivity contribution in [1.29, 1.82) is 0 Å². The van der Waals surface area contributed by atoms with Crippen molar-refractivity contribution >= 4 is 10.0 Å².